The number of carbonyl (C=O) groups is 1. The predicted molar refractivity (Wildman–Crippen MR) is 195 cm³/mol. The molecule has 5 nitrogen and oxygen atoms in total. The monoisotopic (exact) mass is 638 g/mol. The van der Waals surface area contributed by atoms with Crippen LogP contribution in [0, 0.1) is 0 Å². The van der Waals surface area contributed by atoms with Crippen molar-refractivity contribution in [3.63, 3.8) is 0 Å². The Morgan fingerprint density at radius 2 is 0.867 bits per heavy atom. The van der Waals surface area contributed by atoms with Crippen LogP contribution >= 0.6 is 0 Å². The van der Waals surface area contributed by atoms with Crippen molar-refractivity contribution in [2.45, 2.75) is 231 Å². The Bertz CT molecular complexity index is 625. The summed E-state index contributed by atoms with van der Waals surface area (Å²) in [6.07, 6.45) is 40.9. The van der Waals surface area contributed by atoms with Gasteiger partial charge in [0.1, 0.15) is 6.10 Å². The highest BCUT2D eigenvalue weighted by Crippen LogP contribution is 2.15. The zero-order chi connectivity index (χ0) is 33.1. The second-order valence-corrected chi connectivity index (χ2v) is 13.9. The van der Waals surface area contributed by atoms with E-state index in [1.54, 1.807) is 6.08 Å². The highest BCUT2D eigenvalue weighted by atomic mass is 16.3. The van der Waals surface area contributed by atoms with E-state index in [-0.39, 0.29) is 6.61 Å². The van der Waals surface area contributed by atoms with E-state index in [9.17, 15) is 20.1 Å². The van der Waals surface area contributed by atoms with Gasteiger partial charge in [-0.15, -0.1) is 0 Å². The smallest absolute Gasteiger partial charge is 0.249 e. The molecule has 268 valence electrons. The quantitative estimate of drug-likeness (QED) is 0.0406. The van der Waals surface area contributed by atoms with Crippen molar-refractivity contribution in [3.8, 4) is 0 Å². The molecule has 45 heavy (non-hydrogen) atoms. The number of hydrogen-bond acceptors (Lipinski definition) is 4. The van der Waals surface area contributed by atoms with Crippen LogP contribution in [-0.4, -0.2) is 46.1 Å². The van der Waals surface area contributed by atoms with Gasteiger partial charge in [-0.25, -0.2) is 0 Å². The van der Waals surface area contributed by atoms with Crippen LogP contribution < -0.4 is 5.32 Å². The summed E-state index contributed by atoms with van der Waals surface area (Å²) in [4.78, 5) is 12.4. The van der Waals surface area contributed by atoms with E-state index in [4.69, 9.17) is 0 Å². The Kier molecular flexibility index (Phi) is 35.2. The van der Waals surface area contributed by atoms with Gasteiger partial charge in [0.2, 0.25) is 5.91 Å². The van der Waals surface area contributed by atoms with Gasteiger partial charge in [0, 0.05) is 0 Å². The third-order valence-corrected chi connectivity index (χ3v) is 9.38. The van der Waals surface area contributed by atoms with E-state index in [2.05, 4.69) is 19.2 Å². The SMILES string of the molecule is CCCCCCCCCCCCCCCCCC/C=C/C(O)C(CO)NC(=O)C(O)CCCCCCCCCCCCCCC. The lowest BCUT2D eigenvalue weighted by Crippen LogP contribution is -2.48. The summed E-state index contributed by atoms with van der Waals surface area (Å²) in [5, 5.41) is 33.0. The molecule has 0 aromatic carbocycles. The number of amides is 1. The average molecular weight is 638 g/mol. The standard InChI is InChI=1S/C40H79NO4/c1-3-5-7-9-11-13-15-17-18-19-20-21-23-24-26-28-30-32-34-38(43)37(36-42)41-40(45)39(44)35-33-31-29-27-25-22-16-14-12-10-8-6-4-2/h32,34,37-39,42-44H,3-31,33,35-36H2,1-2H3,(H,41,45)/b34-32+. The fourth-order valence-electron chi connectivity index (χ4n) is 6.18. The summed E-state index contributed by atoms with van der Waals surface area (Å²) in [6, 6.07) is -0.791. The van der Waals surface area contributed by atoms with Crippen LogP contribution in [0.25, 0.3) is 0 Å². The first kappa shape index (κ1) is 44.1. The van der Waals surface area contributed by atoms with E-state index in [0.29, 0.717) is 6.42 Å². The number of allylic oxidation sites excluding steroid dienone is 1. The van der Waals surface area contributed by atoms with Crippen LogP contribution in [0.2, 0.25) is 0 Å². The van der Waals surface area contributed by atoms with E-state index in [0.717, 1.165) is 32.1 Å². The van der Waals surface area contributed by atoms with Crippen molar-refractivity contribution in [1.82, 2.24) is 5.32 Å². The molecule has 5 heteroatoms. The van der Waals surface area contributed by atoms with Crippen LogP contribution in [0.3, 0.4) is 0 Å². The molecule has 0 aliphatic heterocycles. The molecule has 0 fully saturated rings. The molecule has 3 unspecified atom stereocenters. The second kappa shape index (κ2) is 35.9. The van der Waals surface area contributed by atoms with Crippen LogP contribution in [-0.2, 0) is 4.79 Å². The summed E-state index contributed by atoms with van der Waals surface area (Å²) in [6.45, 7) is 4.18. The molecule has 0 saturated heterocycles. The summed E-state index contributed by atoms with van der Waals surface area (Å²) in [5.41, 5.74) is 0. The Morgan fingerprint density at radius 3 is 1.22 bits per heavy atom. The summed E-state index contributed by atoms with van der Waals surface area (Å²) >= 11 is 0. The van der Waals surface area contributed by atoms with Gasteiger partial charge in [0.25, 0.3) is 0 Å². The number of aliphatic hydroxyl groups is 3. The van der Waals surface area contributed by atoms with Crippen LogP contribution in [0.4, 0.5) is 0 Å². The maximum absolute atomic E-state index is 12.4. The predicted octanol–water partition coefficient (Wildman–Crippen LogP) is 10.9. The van der Waals surface area contributed by atoms with E-state index >= 15 is 0 Å². The average Bonchev–Trinajstić information content (AvgIpc) is 3.04. The lowest BCUT2D eigenvalue weighted by Gasteiger charge is -2.21. The Hall–Kier alpha value is -0.910. The molecule has 0 saturated carbocycles. The first-order valence-electron chi connectivity index (χ1n) is 20.0. The van der Waals surface area contributed by atoms with E-state index in [1.807, 2.05) is 6.08 Å². The Morgan fingerprint density at radius 1 is 0.533 bits per heavy atom. The van der Waals surface area contributed by atoms with Crippen LogP contribution in [0.15, 0.2) is 12.2 Å². The van der Waals surface area contributed by atoms with Crippen molar-refractivity contribution in [2.24, 2.45) is 0 Å². The number of hydrogen-bond donors (Lipinski definition) is 4. The maximum Gasteiger partial charge on any atom is 0.249 e. The molecule has 4 N–H and O–H groups in total. The van der Waals surface area contributed by atoms with Crippen molar-refractivity contribution < 1.29 is 20.1 Å². The van der Waals surface area contributed by atoms with Crippen molar-refractivity contribution in [1.29, 1.82) is 0 Å². The van der Waals surface area contributed by atoms with Crippen molar-refractivity contribution in [2.75, 3.05) is 6.61 Å². The summed E-state index contributed by atoms with van der Waals surface area (Å²) < 4.78 is 0. The zero-order valence-electron chi connectivity index (χ0n) is 30.3. The van der Waals surface area contributed by atoms with Gasteiger partial charge in [-0.1, -0.05) is 206 Å². The third-order valence-electron chi connectivity index (χ3n) is 9.38. The number of rotatable bonds is 36. The van der Waals surface area contributed by atoms with Crippen LogP contribution in [0.1, 0.15) is 213 Å². The lowest BCUT2D eigenvalue weighted by atomic mass is 10.0. The van der Waals surface area contributed by atoms with E-state index in [1.165, 1.54) is 161 Å². The zero-order valence-corrected chi connectivity index (χ0v) is 30.3. The number of unbranched alkanes of at least 4 members (excludes halogenated alkanes) is 28. The normalized spacial score (nSPS) is 13.8. The Labute approximate surface area is 280 Å². The maximum atomic E-state index is 12.4. The van der Waals surface area contributed by atoms with Crippen molar-refractivity contribution >= 4 is 5.91 Å². The van der Waals surface area contributed by atoms with Gasteiger partial charge >= 0.3 is 0 Å². The number of carbonyl (C=O) groups excluding carboxylic acids is 1. The molecule has 0 bridgehead atoms. The molecule has 1 amide bonds. The number of nitrogens with one attached hydrogen (secondary N) is 1. The first-order valence-corrected chi connectivity index (χ1v) is 20.0. The topological polar surface area (TPSA) is 89.8 Å². The van der Waals surface area contributed by atoms with Gasteiger partial charge in [0.05, 0.1) is 18.8 Å². The van der Waals surface area contributed by atoms with Gasteiger partial charge in [0.15, 0.2) is 0 Å². The minimum Gasteiger partial charge on any atom is -0.394 e. The molecule has 0 heterocycles. The Balaban J connectivity index is 3.68. The largest absolute Gasteiger partial charge is 0.394 e. The number of aliphatic hydroxyl groups excluding tert-OH is 3. The van der Waals surface area contributed by atoms with Gasteiger partial charge in [-0.05, 0) is 19.3 Å². The molecule has 0 spiro atoms. The molecule has 0 aromatic heterocycles. The lowest BCUT2D eigenvalue weighted by molar-refractivity contribution is -0.131. The molecule has 3 atom stereocenters. The molecule has 0 rings (SSSR count). The fraction of sp³-hybridized carbons (Fsp3) is 0.925. The van der Waals surface area contributed by atoms with E-state index < -0.39 is 24.2 Å². The third kappa shape index (κ3) is 31.5. The van der Waals surface area contributed by atoms with Crippen molar-refractivity contribution in [3.05, 3.63) is 12.2 Å². The molecular weight excluding hydrogens is 558 g/mol. The first-order chi connectivity index (χ1) is 22.1. The minimum atomic E-state index is -1.09. The molecule has 0 radical (unpaired) electrons. The summed E-state index contributed by atoms with van der Waals surface area (Å²) in [7, 11) is 0. The summed E-state index contributed by atoms with van der Waals surface area (Å²) in [5.74, 6) is -0.502. The van der Waals surface area contributed by atoms with Gasteiger partial charge in [-0.3, -0.25) is 4.79 Å². The minimum absolute atomic E-state index is 0.359. The van der Waals surface area contributed by atoms with Gasteiger partial charge < -0.3 is 20.6 Å². The molecular formula is C40H79NO4. The second-order valence-electron chi connectivity index (χ2n) is 13.9. The molecule has 0 aromatic rings. The molecule has 0 aliphatic carbocycles. The van der Waals surface area contributed by atoms with Gasteiger partial charge in [-0.2, -0.15) is 0 Å². The van der Waals surface area contributed by atoms with Crippen LogP contribution in [0.5, 0.6) is 0 Å². The fourth-order valence-corrected chi connectivity index (χ4v) is 6.18. The molecule has 0 aliphatic rings. The highest BCUT2D eigenvalue weighted by Gasteiger charge is 2.22. The highest BCUT2D eigenvalue weighted by molar-refractivity contribution is 5.80.